The predicted octanol–water partition coefficient (Wildman–Crippen LogP) is 3.27. The number of para-hydroxylation sites is 1. The lowest BCUT2D eigenvalue weighted by Crippen LogP contribution is -2.03. The summed E-state index contributed by atoms with van der Waals surface area (Å²) < 4.78 is 15.3. The van der Waals surface area contributed by atoms with Crippen molar-refractivity contribution in [2.24, 2.45) is 0 Å². The van der Waals surface area contributed by atoms with Crippen molar-refractivity contribution in [1.82, 2.24) is 0 Å². The summed E-state index contributed by atoms with van der Waals surface area (Å²) in [5, 5.41) is 0. The van der Waals surface area contributed by atoms with E-state index < -0.39 is 5.97 Å². The van der Waals surface area contributed by atoms with Crippen LogP contribution in [0.1, 0.15) is 11.1 Å². The Labute approximate surface area is 129 Å². The molecule has 0 aliphatic heterocycles. The van der Waals surface area contributed by atoms with Crippen molar-refractivity contribution in [3.05, 3.63) is 71.8 Å². The molecular formula is C18H18O4. The van der Waals surface area contributed by atoms with Crippen LogP contribution in [0.2, 0.25) is 0 Å². The van der Waals surface area contributed by atoms with Gasteiger partial charge >= 0.3 is 5.97 Å². The van der Waals surface area contributed by atoms with E-state index in [9.17, 15) is 4.79 Å². The number of benzene rings is 2. The average Bonchev–Trinajstić information content (AvgIpc) is 2.58. The molecule has 0 bridgehead atoms. The summed E-state index contributed by atoms with van der Waals surface area (Å²) >= 11 is 0. The first-order chi connectivity index (χ1) is 10.8. The molecule has 0 aromatic heterocycles. The predicted molar refractivity (Wildman–Crippen MR) is 84.5 cm³/mol. The zero-order valence-electron chi connectivity index (χ0n) is 12.6. The average molecular weight is 298 g/mol. The van der Waals surface area contributed by atoms with E-state index in [4.69, 9.17) is 14.2 Å². The third kappa shape index (κ3) is 3.96. The third-order valence-corrected chi connectivity index (χ3v) is 3.06. The van der Waals surface area contributed by atoms with Crippen LogP contribution < -0.4 is 4.74 Å². The van der Waals surface area contributed by atoms with E-state index in [1.54, 1.807) is 7.11 Å². The van der Waals surface area contributed by atoms with Gasteiger partial charge in [0, 0.05) is 18.7 Å². The van der Waals surface area contributed by atoms with Gasteiger partial charge in [0.15, 0.2) is 6.79 Å². The Hall–Kier alpha value is -2.59. The maximum Gasteiger partial charge on any atom is 0.331 e. The van der Waals surface area contributed by atoms with Crippen LogP contribution in [0.15, 0.2) is 60.7 Å². The molecule has 4 nitrogen and oxygen atoms in total. The van der Waals surface area contributed by atoms with E-state index in [2.05, 4.69) is 0 Å². The summed E-state index contributed by atoms with van der Waals surface area (Å²) in [6, 6.07) is 17.1. The lowest BCUT2D eigenvalue weighted by atomic mass is 9.97. The summed E-state index contributed by atoms with van der Waals surface area (Å²) in [4.78, 5) is 11.7. The molecule has 0 N–H and O–H groups in total. The summed E-state index contributed by atoms with van der Waals surface area (Å²) in [6.45, 7) is 0.136. The van der Waals surface area contributed by atoms with E-state index >= 15 is 0 Å². The number of esters is 1. The molecule has 2 aromatic rings. The third-order valence-electron chi connectivity index (χ3n) is 3.06. The van der Waals surface area contributed by atoms with E-state index in [0.29, 0.717) is 5.75 Å². The molecular weight excluding hydrogens is 280 g/mol. The van der Waals surface area contributed by atoms with E-state index in [1.807, 2.05) is 54.6 Å². The Morgan fingerprint density at radius 1 is 1.00 bits per heavy atom. The zero-order valence-corrected chi connectivity index (χ0v) is 12.6. The molecule has 0 atom stereocenters. The topological polar surface area (TPSA) is 44.8 Å². The summed E-state index contributed by atoms with van der Waals surface area (Å²) in [7, 11) is 2.92. The number of ether oxygens (including phenoxy) is 3. The first-order valence-electron chi connectivity index (χ1n) is 6.82. The van der Waals surface area contributed by atoms with Gasteiger partial charge < -0.3 is 14.2 Å². The molecule has 0 heterocycles. The van der Waals surface area contributed by atoms with E-state index in [-0.39, 0.29) is 6.79 Å². The standard InChI is InChI=1S/C18H18O4/c1-20-13-22-17-11-7-6-10-15(17)16(12-18(19)21-2)14-8-4-3-5-9-14/h3-12H,13H2,1-2H3/b16-12+. The van der Waals surface area contributed by atoms with Crippen molar-refractivity contribution < 1.29 is 19.0 Å². The van der Waals surface area contributed by atoms with Gasteiger partial charge in [0.1, 0.15) is 5.75 Å². The SMILES string of the molecule is COCOc1ccccc1/C(=C/C(=O)OC)c1ccccc1. The number of hydrogen-bond acceptors (Lipinski definition) is 4. The zero-order chi connectivity index (χ0) is 15.8. The van der Waals surface area contributed by atoms with Crippen LogP contribution >= 0.6 is 0 Å². The van der Waals surface area contributed by atoms with Crippen LogP contribution in [0, 0.1) is 0 Å². The number of carbonyl (C=O) groups excluding carboxylic acids is 1. The summed E-state index contributed by atoms with van der Waals surface area (Å²) in [5.74, 6) is 0.226. The van der Waals surface area contributed by atoms with Crippen LogP contribution in [0.3, 0.4) is 0 Å². The normalized spacial score (nSPS) is 11.1. The second-order valence-electron chi connectivity index (χ2n) is 4.49. The molecule has 0 radical (unpaired) electrons. The smallest absolute Gasteiger partial charge is 0.331 e. The molecule has 0 unspecified atom stereocenters. The number of methoxy groups -OCH3 is 2. The minimum Gasteiger partial charge on any atom is -0.467 e. The Balaban J connectivity index is 2.51. The number of rotatable bonds is 6. The van der Waals surface area contributed by atoms with Crippen LogP contribution in [-0.2, 0) is 14.3 Å². The molecule has 0 amide bonds. The van der Waals surface area contributed by atoms with E-state index in [0.717, 1.165) is 16.7 Å². The maximum atomic E-state index is 11.7. The minimum absolute atomic E-state index is 0.136. The van der Waals surface area contributed by atoms with Crippen LogP contribution in [0.25, 0.3) is 5.57 Å². The van der Waals surface area contributed by atoms with Crippen LogP contribution in [-0.4, -0.2) is 27.0 Å². The summed E-state index contributed by atoms with van der Waals surface area (Å²) in [6.07, 6.45) is 1.46. The van der Waals surface area contributed by atoms with Crippen molar-refractivity contribution in [3.8, 4) is 5.75 Å². The van der Waals surface area contributed by atoms with Gasteiger partial charge in [-0.15, -0.1) is 0 Å². The monoisotopic (exact) mass is 298 g/mol. The molecule has 0 spiro atoms. The molecule has 114 valence electrons. The number of hydrogen-bond donors (Lipinski definition) is 0. The quantitative estimate of drug-likeness (QED) is 0.466. The molecule has 0 aliphatic rings. The van der Waals surface area contributed by atoms with Crippen molar-refractivity contribution in [3.63, 3.8) is 0 Å². The first-order valence-corrected chi connectivity index (χ1v) is 6.82. The second-order valence-corrected chi connectivity index (χ2v) is 4.49. The van der Waals surface area contributed by atoms with Gasteiger partial charge in [-0.05, 0) is 17.2 Å². The van der Waals surface area contributed by atoms with Crippen LogP contribution in [0.4, 0.5) is 0 Å². The molecule has 2 aromatic carbocycles. The first kappa shape index (κ1) is 15.8. The fourth-order valence-corrected chi connectivity index (χ4v) is 2.05. The van der Waals surface area contributed by atoms with Crippen molar-refractivity contribution in [2.75, 3.05) is 21.0 Å². The Morgan fingerprint density at radius 3 is 2.36 bits per heavy atom. The second kappa shape index (κ2) is 8.00. The Kier molecular flexibility index (Phi) is 5.74. The molecule has 2 rings (SSSR count). The van der Waals surface area contributed by atoms with Crippen LogP contribution in [0.5, 0.6) is 5.75 Å². The lowest BCUT2D eigenvalue weighted by molar-refractivity contribution is -0.134. The van der Waals surface area contributed by atoms with Crippen molar-refractivity contribution in [1.29, 1.82) is 0 Å². The molecule has 0 fully saturated rings. The molecule has 0 saturated carbocycles. The largest absolute Gasteiger partial charge is 0.467 e. The molecule has 0 saturated heterocycles. The van der Waals surface area contributed by atoms with Crippen molar-refractivity contribution in [2.45, 2.75) is 0 Å². The van der Waals surface area contributed by atoms with Gasteiger partial charge in [-0.1, -0.05) is 48.5 Å². The van der Waals surface area contributed by atoms with Gasteiger partial charge in [-0.25, -0.2) is 4.79 Å². The lowest BCUT2D eigenvalue weighted by Gasteiger charge is -2.14. The highest BCUT2D eigenvalue weighted by Crippen LogP contribution is 2.31. The fourth-order valence-electron chi connectivity index (χ4n) is 2.05. The van der Waals surface area contributed by atoms with Gasteiger partial charge in [-0.3, -0.25) is 0 Å². The Bertz CT molecular complexity index is 647. The molecule has 4 heteroatoms. The minimum atomic E-state index is -0.416. The highest BCUT2D eigenvalue weighted by Gasteiger charge is 2.12. The maximum absolute atomic E-state index is 11.7. The van der Waals surface area contributed by atoms with E-state index in [1.165, 1.54) is 13.2 Å². The van der Waals surface area contributed by atoms with Gasteiger partial charge in [0.25, 0.3) is 0 Å². The highest BCUT2D eigenvalue weighted by molar-refractivity contribution is 5.97. The van der Waals surface area contributed by atoms with Gasteiger partial charge in [0.05, 0.1) is 7.11 Å². The van der Waals surface area contributed by atoms with Gasteiger partial charge in [0.2, 0.25) is 0 Å². The molecule has 0 aliphatic carbocycles. The Morgan fingerprint density at radius 2 is 1.68 bits per heavy atom. The molecule has 22 heavy (non-hydrogen) atoms. The van der Waals surface area contributed by atoms with Crippen molar-refractivity contribution >= 4 is 11.5 Å². The van der Waals surface area contributed by atoms with Gasteiger partial charge in [-0.2, -0.15) is 0 Å². The highest BCUT2D eigenvalue weighted by atomic mass is 16.7. The fraction of sp³-hybridized carbons (Fsp3) is 0.167. The number of carbonyl (C=O) groups is 1. The summed E-state index contributed by atoms with van der Waals surface area (Å²) in [5.41, 5.74) is 2.44.